The van der Waals surface area contributed by atoms with E-state index in [1.165, 1.54) is 29.5 Å². The van der Waals surface area contributed by atoms with E-state index < -0.39 is 10.0 Å². The SMILES string of the molecule is Cc1sc(-c2nc(-c3ccc(F)cc3)no2)cc1S(=O)(=O)N[C@@H](C)Cc1ccco1. The van der Waals surface area contributed by atoms with Crippen LogP contribution in [0.1, 0.15) is 17.6 Å². The number of thiophene rings is 1. The Kier molecular flexibility index (Phi) is 5.54. The van der Waals surface area contributed by atoms with Crippen LogP contribution in [0.3, 0.4) is 0 Å². The second-order valence-electron chi connectivity index (χ2n) is 6.77. The molecule has 0 unspecified atom stereocenters. The summed E-state index contributed by atoms with van der Waals surface area (Å²) in [6.07, 6.45) is 1.99. The molecule has 0 fully saturated rings. The van der Waals surface area contributed by atoms with Crippen LogP contribution in [-0.4, -0.2) is 24.6 Å². The first kappa shape index (κ1) is 20.5. The summed E-state index contributed by atoms with van der Waals surface area (Å²) >= 11 is 1.24. The van der Waals surface area contributed by atoms with Crippen LogP contribution in [-0.2, 0) is 16.4 Å². The van der Waals surface area contributed by atoms with E-state index in [2.05, 4.69) is 14.9 Å². The largest absolute Gasteiger partial charge is 0.469 e. The Balaban J connectivity index is 1.55. The molecule has 0 aliphatic heterocycles. The van der Waals surface area contributed by atoms with Gasteiger partial charge < -0.3 is 8.94 Å². The van der Waals surface area contributed by atoms with Crippen LogP contribution in [0, 0.1) is 12.7 Å². The highest BCUT2D eigenvalue weighted by Crippen LogP contribution is 2.33. The van der Waals surface area contributed by atoms with Crippen LogP contribution in [0.5, 0.6) is 0 Å². The zero-order valence-corrected chi connectivity index (χ0v) is 17.8. The van der Waals surface area contributed by atoms with Crippen molar-refractivity contribution < 1.29 is 21.7 Å². The maximum absolute atomic E-state index is 13.1. The lowest BCUT2D eigenvalue weighted by Gasteiger charge is -2.12. The summed E-state index contributed by atoms with van der Waals surface area (Å²) in [4.78, 5) is 5.61. The van der Waals surface area contributed by atoms with Gasteiger partial charge >= 0.3 is 0 Å². The highest BCUT2D eigenvalue weighted by Gasteiger charge is 2.24. The minimum Gasteiger partial charge on any atom is -0.469 e. The molecule has 0 bridgehead atoms. The predicted octanol–water partition coefficient (Wildman–Crippen LogP) is 4.42. The number of nitrogens with one attached hydrogen (secondary N) is 1. The smallest absolute Gasteiger partial charge is 0.268 e. The van der Waals surface area contributed by atoms with Crippen LogP contribution in [0.15, 0.2) is 62.6 Å². The second kappa shape index (κ2) is 8.13. The van der Waals surface area contributed by atoms with Crippen molar-refractivity contribution in [2.75, 3.05) is 0 Å². The van der Waals surface area contributed by atoms with Crippen LogP contribution in [0.2, 0.25) is 0 Å². The van der Waals surface area contributed by atoms with Crippen LogP contribution in [0.25, 0.3) is 22.2 Å². The molecule has 4 aromatic rings. The molecule has 0 spiro atoms. The molecule has 0 aliphatic carbocycles. The third kappa shape index (κ3) is 4.35. The van der Waals surface area contributed by atoms with Gasteiger partial charge in [-0.15, -0.1) is 11.3 Å². The topological polar surface area (TPSA) is 98.2 Å². The highest BCUT2D eigenvalue weighted by atomic mass is 32.2. The van der Waals surface area contributed by atoms with E-state index in [0.717, 1.165) is 0 Å². The van der Waals surface area contributed by atoms with Gasteiger partial charge in [0.05, 0.1) is 16.0 Å². The molecule has 1 atom stereocenters. The fourth-order valence-corrected chi connectivity index (χ4v) is 5.73. The molecule has 0 amide bonds. The van der Waals surface area contributed by atoms with Crippen molar-refractivity contribution in [3.05, 3.63) is 65.2 Å². The number of aromatic nitrogens is 2. The summed E-state index contributed by atoms with van der Waals surface area (Å²) in [5.41, 5.74) is 0.598. The summed E-state index contributed by atoms with van der Waals surface area (Å²) in [5.74, 6) is 0.838. The molecule has 0 radical (unpaired) electrons. The third-order valence-electron chi connectivity index (χ3n) is 4.34. The van der Waals surface area contributed by atoms with Crippen molar-refractivity contribution in [1.82, 2.24) is 14.9 Å². The van der Waals surface area contributed by atoms with Crippen molar-refractivity contribution in [3.8, 4) is 22.2 Å². The Hall–Kier alpha value is -2.82. The van der Waals surface area contributed by atoms with Crippen molar-refractivity contribution in [1.29, 1.82) is 0 Å². The molecule has 0 saturated heterocycles. The maximum atomic E-state index is 13.1. The standard InChI is InChI=1S/C20H18FN3O4S2/c1-12(10-16-4-3-9-27-16)24-30(25,26)18-11-17(29-13(18)2)20-22-19(23-28-20)14-5-7-15(21)8-6-14/h3-9,11-12,24H,10H2,1-2H3/t12-/m0/s1. The number of benzene rings is 1. The Morgan fingerprint density at radius 1 is 1.23 bits per heavy atom. The van der Waals surface area contributed by atoms with E-state index in [1.807, 2.05) is 0 Å². The van der Waals surface area contributed by atoms with Gasteiger partial charge in [-0.05, 0) is 56.3 Å². The van der Waals surface area contributed by atoms with E-state index in [1.54, 1.807) is 44.4 Å². The molecule has 4 rings (SSSR count). The van der Waals surface area contributed by atoms with Crippen LogP contribution in [0.4, 0.5) is 4.39 Å². The lowest BCUT2D eigenvalue weighted by molar-refractivity contribution is 0.433. The summed E-state index contributed by atoms with van der Waals surface area (Å²) in [6, 6.07) is 10.4. The Bertz CT molecular complexity index is 1250. The van der Waals surface area contributed by atoms with Gasteiger partial charge in [-0.2, -0.15) is 4.98 Å². The maximum Gasteiger partial charge on any atom is 0.268 e. The van der Waals surface area contributed by atoms with Gasteiger partial charge in [-0.3, -0.25) is 0 Å². The Labute approximate surface area is 176 Å². The number of sulfonamides is 1. The predicted molar refractivity (Wildman–Crippen MR) is 110 cm³/mol. The molecule has 30 heavy (non-hydrogen) atoms. The number of hydrogen-bond acceptors (Lipinski definition) is 7. The van der Waals surface area contributed by atoms with Crippen molar-refractivity contribution >= 4 is 21.4 Å². The van der Waals surface area contributed by atoms with E-state index in [9.17, 15) is 12.8 Å². The molecular formula is C20H18FN3O4S2. The molecule has 10 heteroatoms. The van der Waals surface area contributed by atoms with Crippen LogP contribution < -0.4 is 4.72 Å². The van der Waals surface area contributed by atoms with Gasteiger partial charge in [0.25, 0.3) is 5.89 Å². The quantitative estimate of drug-likeness (QED) is 0.450. The lowest BCUT2D eigenvalue weighted by Crippen LogP contribution is -2.34. The molecule has 156 valence electrons. The van der Waals surface area contributed by atoms with E-state index in [-0.39, 0.29) is 22.6 Å². The zero-order valence-electron chi connectivity index (χ0n) is 16.1. The fraction of sp³-hybridized carbons (Fsp3) is 0.200. The zero-order chi connectivity index (χ0) is 21.3. The number of aryl methyl sites for hydroxylation is 1. The minimum atomic E-state index is -3.74. The molecule has 3 aromatic heterocycles. The van der Waals surface area contributed by atoms with Gasteiger partial charge in [0, 0.05) is 22.9 Å². The monoisotopic (exact) mass is 447 g/mol. The highest BCUT2D eigenvalue weighted by molar-refractivity contribution is 7.89. The molecular weight excluding hydrogens is 429 g/mol. The Morgan fingerprint density at radius 2 is 2.00 bits per heavy atom. The van der Waals surface area contributed by atoms with Gasteiger partial charge in [0.1, 0.15) is 11.6 Å². The third-order valence-corrected chi connectivity index (χ3v) is 7.23. The molecule has 1 N–H and O–H groups in total. The summed E-state index contributed by atoms with van der Waals surface area (Å²) in [5, 5.41) is 3.91. The second-order valence-corrected chi connectivity index (χ2v) is 9.71. The number of halogens is 1. The minimum absolute atomic E-state index is 0.162. The van der Waals surface area contributed by atoms with E-state index in [0.29, 0.717) is 33.3 Å². The lowest BCUT2D eigenvalue weighted by atomic mass is 10.2. The first-order valence-electron chi connectivity index (χ1n) is 9.07. The Morgan fingerprint density at radius 3 is 2.70 bits per heavy atom. The molecule has 1 aromatic carbocycles. The van der Waals surface area contributed by atoms with Crippen molar-refractivity contribution in [2.45, 2.75) is 31.2 Å². The van der Waals surface area contributed by atoms with Gasteiger partial charge in [0.15, 0.2) is 0 Å². The molecule has 0 saturated carbocycles. The van der Waals surface area contributed by atoms with Crippen LogP contribution >= 0.6 is 11.3 Å². The normalized spacial score (nSPS) is 12.9. The average Bonchev–Trinajstić information content (AvgIpc) is 3.42. The van der Waals surface area contributed by atoms with Gasteiger partial charge in [0.2, 0.25) is 15.8 Å². The van der Waals surface area contributed by atoms with E-state index >= 15 is 0 Å². The summed E-state index contributed by atoms with van der Waals surface area (Å²) < 4.78 is 52.1. The van der Waals surface area contributed by atoms with Gasteiger partial charge in [-0.25, -0.2) is 17.5 Å². The van der Waals surface area contributed by atoms with E-state index in [4.69, 9.17) is 8.94 Å². The fourth-order valence-electron chi connectivity index (χ4n) is 2.98. The number of furan rings is 1. The summed E-state index contributed by atoms with van der Waals surface area (Å²) in [6.45, 7) is 3.49. The molecule has 0 aliphatic rings. The first-order chi connectivity index (χ1) is 14.3. The average molecular weight is 448 g/mol. The number of rotatable bonds is 7. The molecule has 3 heterocycles. The molecule has 7 nitrogen and oxygen atoms in total. The number of hydrogen-bond donors (Lipinski definition) is 1. The number of nitrogens with zero attached hydrogens (tertiary/aromatic N) is 2. The van der Waals surface area contributed by atoms with Gasteiger partial charge in [-0.1, -0.05) is 5.16 Å². The first-order valence-corrected chi connectivity index (χ1v) is 11.4. The van der Waals surface area contributed by atoms with Crippen molar-refractivity contribution in [2.24, 2.45) is 0 Å². The van der Waals surface area contributed by atoms with Crippen molar-refractivity contribution in [3.63, 3.8) is 0 Å². The summed E-state index contributed by atoms with van der Waals surface area (Å²) in [7, 11) is -3.74.